The molecule has 0 saturated carbocycles. The van der Waals surface area contributed by atoms with Crippen LogP contribution in [0.3, 0.4) is 0 Å². The highest BCUT2D eigenvalue weighted by molar-refractivity contribution is 5.63. The second-order valence-electron chi connectivity index (χ2n) is 5.13. The van der Waals surface area contributed by atoms with Crippen molar-refractivity contribution in [2.24, 2.45) is 0 Å². The van der Waals surface area contributed by atoms with Crippen LogP contribution in [0.2, 0.25) is 0 Å². The zero-order chi connectivity index (χ0) is 14.5. The third kappa shape index (κ3) is 3.38. The van der Waals surface area contributed by atoms with Gasteiger partial charge in [0.1, 0.15) is 5.82 Å². The SMILES string of the molecule is CC(NCc1ncc[nH]1)c1ccc(-c2ccccc2)cc1. The van der Waals surface area contributed by atoms with Crippen LogP contribution in [0.5, 0.6) is 0 Å². The number of H-pyrrole nitrogens is 1. The smallest absolute Gasteiger partial charge is 0.120 e. The lowest BCUT2D eigenvalue weighted by molar-refractivity contribution is 0.562. The summed E-state index contributed by atoms with van der Waals surface area (Å²) < 4.78 is 0. The van der Waals surface area contributed by atoms with Crippen molar-refractivity contribution in [1.82, 2.24) is 15.3 Å². The first-order valence-corrected chi connectivity index (χ1v) is 7.20. The van der Waals surface area contributed by atoms with Crippen LogP contribution < -0.4 is 5.32 Å². The van der Waals surface area contributed by atoms with Gasteiger partial charge in [-0.1, -0.05) is 54.6 Å². The summed E-state index contributed by atoms with van der Waals surface area (Å²) in [6.45, 7) is 2.91. The van der Waals surface area contributed by atoms with Crippen molar-refractivity contribution in [2.45, 2.75) is 19.5 Å². The molecule has 2 aromatic carbocycles. The Morgan fingerprint density at radius 1 is 1.00 bits per heavy atom. The molecule has 0 aliphatic rings. The Balaban J connectivity index is 1.66. The second-order valence-corrected chi connectivity index (χ2v) is 5.13. The molecule has 1 heterocycles. The summed E-state index contributed by atoms with van der Waals surface area (Å²) in [4.78, 5) is 7.32. The van der Waals surface area contributed by atoms with E-state index in [-0.39, 0.29) is 0 Å². The number of nitrogens with one attached hydrogen (secondary N) is 2. The molecule has 3 rings (SSSR count). The third-order valence-electron chi connectivity index (χ3n) is 3.65. The van der Waals surface area contributed by atoms with Gasteiger partial charge in [0.2, 0.25) is 0 Å². The van der Waals surface area contributed by atoms with Crippen LogP contribution in [0.15, 0.2) is 67.0 Å². The van der Waals surface area contributed by atoms with Gasteiger partial charge in [0.25, 0.3) is 0 Å². The summed E-state index contributed by atoms with van der Waals surface area (Å²) in [5.74, 6) is 0.961. The number of aromatic nitrogens is 2. The van der Waals surface area contributed by atoms with Crippen LogP contribution in [0.4, 0.5) is 0 Å². The first kappa shape index (κ1) is 13.6. The zero-order valence-electron chi connectivity index (χ0n) is 12.1. The maximum Gasteiger partial charge on any atom is 0.120 e. The van der Waals surface area contributed by atoms with Crippen LogP contribution >= 0.6 is 0 Å². The van der Waals surface area contributed by atoms with Crippen LogP contribution in [0.1, 0.15) is 24.4 Å². The van der Waals surface area contributed by atoms with E-state index < -0.39 is 0 Å². The van der Waals surface area contributed by atoms with E-state index in [1.54, 1.807) is 6.20 Å². The Hall–Kier alpha value is -2.39. The van der Waals surface area contributed by atoms with Crippen molar-refractivity contribution < 1.29 is 0 Å². The van der Waals surface area contributed by atoms with E-state index in [4.69, 9.17) is 0 Å². The molecular formula is C18H19N3. The fourth-order valence-corrected chi connectivity index (χ4v) is 2.36. The average Bonchev–Trinajstić information content (AvgIpc) is 3.07. The van der Waals surface area contributed by atoms with Gasteiger partial charge in [0.15, 0.2) is 0 Å². The summed E-state index contributed by atoms with van der Waals surface area (Å²) in [5.41, 5.74) is 3.78. The quantitative estimate of drug-likeness (QED) is 0.742. The van der Waals surface area contributed by atoms with Crippen molar-refractivity contribution in [3.05, 3.63) is 78.4 Å². The van der Waals surface area contributed by atoms with E-state index >= 15 is 0 Å². The van der Waals surface area contributed by atoms with Crippen molar-refractivity contribution >= 4 is 0 Å². The molecule has 0 radical (unpaired) electrons. The second kappa shape index (κ2) is 6.37. The molecule has 1 aromatic heterocycles. The van der Waals surface area contributed by atoms with Gasteiger partial charge in [-0.25, -0.2) is 4.98 Å². The normalized spacial score (nSPS) is 12.2. The topological polar surface area (TPSA) is 40.7 Å². The molecule has 106 valence electrons. The molecular weight excluding hydrogens is 258 g/mol. The maximum atomic E-state index is 4.22. The predicted molar refractivity (Wildman–Crippen MR) is 85.7 cm³/mol. The number of hydrogen-bond acceptors (Lipinski definition) is 2. The average molecular weight is 277 g/mol. The van der Waals surface area contributed by atoms with Crippen LogP contribution in [-0.4, -0.2) is 9.97 Å². The standard InChI is InChI=1S/C18H19N3/c1-14(21-13-18-19-11-12-20-18)15-7-9-17(10-8-15)16-5-3-2-4-6-16/h2-12,14,21H,13H2,1H3,(H,19,20). The van der Waals surface area contributed by atoms with Crippen molar-refractivity contribution in [3.63, 3.8) is 0 Å². The molecule has 0 amide bonds. The highest BCUT2D eigenvalue weighted by Crippen LogP contribution is 2.21. The van der Waals surface area contributed by atoms with Crippen molar-refractivity contribution in [3.8, 4) is 11.1 Å². The van der Waals surface area contributed by atoms with Gasteiger partial charge in [-0.15, -0.1) is 0 Å². The lowest BCUT2D eigenvalue weighted by Crippen LogP contribution is -2.18. The minimum atomic E-state index is 0.292. The fourth-order valence-electron chi connectivity index (χ4n) is 2.36. The van der Waals surface area contributed by atoms with E-state index in [1.165, 1.54) is 16.7 Å². The highest BCUT2D eigenvalue weighted by Gasteiger charge is 2.06. The maximum absolute atomic E-state index is 4.22. The summed E-state index contributed by atoms with van der Waals surface area (Å²) >= 11 is 0. The van der Waals surface area contributed by atoms with Crippen LogP contribution in [0.25, 0.3) is 11.1 Å². The van der Waals surface area contributed by atoms with E-state index in [1.807, 2.05) is 12.3 Å². The lowest BCUT2D eigenvalue weighted by Gasteiger charge is -2.14. The van der Waals surface area contributed by atoms with Crippen LogP contribution in [-0.2, 0) is 6.54 Å². The Morgan fingerprint density at radius 2 is 1.71 bits per heavy atom. The molecule has 1 unspecified atom stereocenters. The molecule has 21 heavy (non-hydrogen) atoms. The summed E-state index contributed by atoms with van der Waals surface area (Å²) in [6.07, 6.45) is 3.62. The summed E-state index contributed by atoms with van der Waals surface area (Å²) in [5, 5.41) is 3.47. The van der Waals surface area contributed by atoms with Gasteiger partial charge in [0.05, 0.1) is 6.54 Å². The van der Waals surface area contributed by atoms with E-state index in [2.05, 4.69) is 70.7 Å². The summed E-state index contributed by atoms with van der Waals surface area (Å²) in [6, 6.07) is 19.4. The number of benzene rings is 2. The van der Waals surface area contributed by atoms with Crippen LogP contribution in [0, 0.1) is 0 Å². The molecule has 0 bridgehead atoms. The van der Waals surface area contributed by atoms with Crippen molar-refractivity contribution in [2.75, 3.05) is 0 Å². The molecule has 0 spiro atoms. The molecule has 0 saturated heterocycles. The molecule has 3 nitrogen and oxygen atoms in total. The Kier molecular flexibility index (Phi) is 4.12. The molecule has 0 fully saturated rings. The molecule has 3 aromatic rings. The lowest BCUT2D eigenvalue weighted by atomic mass is 10.0. The minimum Gasteiger partial charge on any atom is -0.348 e. The van der Waals surface area contributed by atoms with Gasteiger partial charge in [-0.2, -0.15) is 0 Å². The molecule has 0 aliphatic heterocycles. The van der Waals surface area contributed by atoms with Gasteiger partial charge >= 0.3 is 0 Å². The first-order valence-electron chi connectivity index (χ1n) is 7.20. The Labute approximate surface area is 125 Å². The van der Waals surface area contributed by atoms with Gasteiger partial charge in [0, 0.05) is 18.4 Å². The largest absolute Gasteiger partial charge is 0.348 e. The minimum absolute atomic E-state index is 0.292. The first-order chi connectivity index (χ1) is 10.3. The molecule has 3 heteroatoms. The monoisotopic (exact) mass is 277 g/mol. The van der Waals surface area contributed by atoms with Gasteiger partial charge in [-0.05, 0) is 23.6 Å². The third-order valence-corrected chi connectivity index (χ3v) is 3.65. The number of imidazole rings is 1. The molecule has 2 N–H and O–H groups in total. The van der Waals surface area contributed by atoms with E-state index in [0.29, 0.717) is 6.04 Å². The van der Waals surface area contributed by atoms with E-state index in [0.717, 1.165) is 12.4 Å². The Morgan fingerprint density at radius 3 is 2.38 bits per heavy atom. The van der Waals surface area contributed by atoms with Gasteiger partial charge in [-0.3, -0.25) is 0 Å². The highest BCUT2D eigenvalue weighted by atomic mass is 15.0. The number of rotatable bonds is 5. The number of aromatic amines is 1. The van der Waals surface area contributed by atoms with Crippen molar-refractivity contribution in [1.29, 1.82) is 0 Å². The summed E-state index contributed by atoms with van der Waals surface area (Å²) in [7, 11) is 0. The zero-order valence-corrected chi connectivity index (χ0v) is 12.1. The number of hydrogen-bond donors (Lipinski definition) is 2. The van der Waals surface area contributed by atoms with Gasteiger partial charge < -0.3 is 10.3 Å². The van der Waals surface area contributed by atoms with E-state index in [9.17, 15) is 0 Å². The molecule has 1 atom stereocenters. The Bertz CT molecular complexity index is 657. The predicted octanol–water partition coefficient (Wildman–Crippen LogP) is 3.93. The fraction of sp³-hybridized carbons (Fsp3) is 0.167. The molecule has 0 aliphatic carbocycles. The number of nitrogens with zero attached hydrogens (tertiary/aromatic N) is 1.